The van der Waals surface area contributed by atoms with E-state index in [1.165, 1.54) is 6.07 Å². The van der Waals surface area contributed by atoms with E-state index in [1.807, 2.05) is 13.0 Å². The Kier molecular flexibility index (Phi) is 4.05. The minimum absolute atomic E-state index is 0.172. The van der Waals surface area contributed by atoms with Gasteiger partial charge in [-0.25, -0.2) is 4.39 Å². The van der Waals surface area contributed by atoms with Crippen LogP contribution in [0.25, 0.3) is 0 Å². The third-order valence-electron chi connectivity index (χ3n) is 2.81. The van der Waals surface area contributed by atoms with Crippen LogP contribution in [0.5, 0.6) is 0 Å². The highest BCUT2D eigenvalue weighted by molar-refractivity contribution is 9.10. The molecule has 0 radical (unpaired) electrons. The van der Waals surface area contributed by atoms with E-state index in [0.29, 0.717) is 11.0 Å². The Hall–Kier alpha value is -1.03. The molecule has 0 amide bonds. The van der Waals surface area contributed by atoms with E-state index in [-0.39, 0.29) is 11.9 Å². The van der Waals surface area contributed by atoms with Gasteiger partial charge in [-0.15, -0.1) is 0 Å². The van der Waals surface area contributed by atoms with Crippen LogP contribution in [-0.2, 0) is 4.74 Å². The summed E-state index contributed by atoms with van der Waals surface area (Å²) in [6.45, 7) is 2.65. The van der Waals surface area contributed by atoms with E-state index < -0.39 is 0 Å². The van der Waals surface area contributed by atoms with Gasteiger partial charge < -0.3 is 10.1 Å². The van der Waals surface area contributed by atoms with Crippen molar-refractivity contribution in [3.63, 3.8) is 0 Å². The van der Waals surface area contributed by atoms with Crippen LogP contribution in [0.4, 0.5) is 10.1 Å². The molecule has 1 N–H and O–H groups in total. The second-order valence-electron chi connectivity index (χ2n) is 4.17. The third kappa shape index (κ3) is 3.22. The van der Waals surface area contributed by atoms with Gasteiger partial charge in [0.05, 0.1) is 17.3 Å². The van der Waals surface area contributed by atoms with Crippen molar-refractivity contribution < 1.29 is 9.13 Å². The molecule has 1 aromatic rings. The molecule has 4 heteroatoms. The van der Waals surface area contributed by atoms with Crippen LogP contribution in [0.2, 0.25) is 0 Å². The first-order chi connectivity index (χ1) is 8.16. The van der Waals surface area contributed by atoms with Crippen LogP contribution in [0.1, 0.15) is 18.4 Å². The van der Waals surface area contributed by atoms with Gasteiger partial charge in [-0.05, 0) is 59.5 Å². The first-order valence-electron chi connectivity index (χ1n) is 5.67. The molecule has 0 aromatic heterocycles. The fourth-order valence-electron chi connectivity index (χ4n) is 1.80. The summed E-state index contributed by atoms with van der Waals surface area (Å²) in [4.78, 5) is 0. The number of benzene rings is 1. The van der Waals surface area contributed by atoms with Crippen molar-refractivity contribution in [2.45, 2.75) is 25.9 Å². The molecule has 1 aliphatic rings. The molecule has 0 aliphatic carbocycles. The van der Waals surface area contributed by atoms with E-state index in [9.17, 15) is 4.39 Å². The van der Waals surface area contributed by atoms with Crippen molar-refractivity contribution >= 4 is 21.6 Å². The molecule has 1 aromatic carbocycles. The van der Waals surface area contributed by atoms with Crippen LogP contribution < -0.4 is 5.32 Å². The van der Waals surface area contributed by atoms with E-state index in [0.717, 1.165) is 24.1 Å². The molecule has 92 valence electrons. The molecule has 17 heavy (non-hydrogen) atoms. The fourth-order valence-corrected chi connectivity index (χ4v) is 2.25. The Balaban J connectivity index is 1.98. The maximum atomic E-state index is 13.4. The highest BCUT2D eigenvalue weighted by atomic mass is 79.9. The van der Waals surface area contributed by atoms with Gasteiger partial charge in [0.25, 0.3) is 0 Å². The van der Waals surface area contributed by atoms with E-state index in [1.54, 1.807) is 12.3 Å². The van der Waals surface area contributed by atoms with Crippen molar-refractivity contribution in [3.8, 4) is 0 Å². The Morgan fingerprint density at radius 3 is 3.06 bits per heavy atom. The van der Waals surface area contributed by atoms with Crippen molar-refractivity contribution in [1.29, 1.82) is 0 Å². The Morgan fingerprint density at radius 1 is 1.53 bits per heavy atom. The molecule has 2 rings (SSSR count). The van der Waals surface area contributed by atoms with Crippen LogP contribution in [0, 0.1) is 12.7 Å². The smallest absolute Gasteiger partial charge is 0.139 e. The predicted octanol–water partition coefficient (Wildman–Crippen LogP) is 4.00. The number of rotatable bonds is 3. The largest absolute Gasteiger partial charge is 0.497 e. The number of hydrogen-bond acceptors (Lipinski definition) is 2. The first kappa shape index (κ1) is 12.4. The summed E-state index contributed by atoms with van der Waals surface area (Å²) in [5.74, 6) is -0.248. The van der Waals surface area contributed by atoms with E-state index in [2.05, 4.69) is 21.2 Å². The quantitative estimate of drug-likeness (QED) is 0.911. The SMILES string of the molecule is Cc1cc(Br)c(F)cc1NCC1CCC=CO1. The molecule has 0 spiro atoms. The summed E-state index contributed by atoms with van der Waals surface area (Å²) in [6.07, 6.45) is 5.97. The zero-order valence-electron chi connectivity index (χ0n) is 9.67. The number of halogens is 2. The molecule has 0 fully saturated rings. The average molecular weight is 300 g/mol. The number of hydrogen-bond donors (Lipinski definition) is 1. The minimum Gasteiger partial charge on any atom is -0.497 e. The van der Waals surface area contributed by atoms with E-state index >= 15 is 0 Å². The lowest BCUT2D eigenvalue weighted by Gasteiger charge is -2.21. The van der Waals surface area contributed by atoms with Crippen LogP contribution in [-0.4, -0.2) is 12.6 Å². The first-order valence-corrected chi connectivity index (χ1v) is 6.46. The van der Waals surface area contributed by atoms with Gasteiger partial charge in [0.1, 0.15) is 11.9 Å². The van der Waals surface area contributed by atoms with Crippen LogP contribution >= 0.6 is 15.9 Å². The molecule has 1 unspecified atom stereocenters. The number of aryl methyl sites for hydroxylation is 1. The lowest BCUT2D eigenvalue weighted by atomic mass is 10.1. The number of allylic oxidation sites excluding steroid dienone is 1. The lowest BCUT2D eigenvalue weighted by molar-refractivity contribution is 0.135. The van der Waals surface area contributed by atoms with Gasteiger partial charge in [0.2, 0.25) is 0 Å². The summed E-state index contributed by atoms with van der Waals surface area (Å²) in [5.41, 5.74) is 1.84. The molecule has 0 saturated carbocycles. The minimum atomic E-state index is -0.248. The van der Waals surface area contributed by atoms with Crippen molar-refractivity contribution in [3.05, 3.63) is 40.3 Å². The van der Waals surface area contributed by atoms with Gasteiger partial charge >= 0.3 is 0 Å². The second kappa shape index (κ2) is 5.54. The fraction of sp³-hybridized carbons (Fsp3) is 0.385. The van der Waals surface area contributed by atoms with Gasteiger partial charge in [0, 0.05) is 5.69 Å². The van der Waals surface area contributed by atoms with Crippen LogP contribution in [0.15, 0.2) is 28.9 Å². The molecule has 0 saturated heterocycles. The molecule has 1 heterocycles. The van der Waals surface area contributed by atoms with Crippen molar-refractivity contribution in [2.75, 3.05) is 11.9 Å². The van der Waals surface area contributed by atoms with Gasteiger partial charge in [0.15, 0.2) is 0 Å². The summed E-state index contributed by atoms with van der Waals surface area (Å²) < 4.78 is 19.3. The van der Waals surface area contributed by atoms with Gasteiger partial charge in [-0.1, -0.05) is 0 Å². The predicted molar refractivity (Wildman–Crippen MR) is 70.6 cm³/mol. The normalized spacial score (nSPS) is 18.9. The molecule has 2 nitrogen and oxygen atoms in total. The molecule has 1 atom stereocenters. The maximum absolute atomic E-state index is 13.4. The summed E-state index contributed by atoms with van der Waals surface area (Å²) >= 11 is 3.17. The Labute approximate surface area is 109 Å². The van der Waals surface area contributed by atoms with Crippen molar-refractivity contribution in [1.82, 2.24) is 0 Å². The van der Waals surface area contributed by atoms with Gasteiger partial charge in [-0.2, -0.15) is 0 Å². The molecular weight excluding hydrogens is 285 g/mol. The number of nitrogens with one attached hydrogen (secondary N) is 1. The van der Waals surface area contributed by atoms with E-state index in [4.69, 9.17) is 4.74 Å². The third-order valence-corrected chi connectivity index (χ3v) is 3.42. The molecular formula is C13H15BrFNO. The summed E-state index contributed by atoms with van der Waals surface area (Å²) in [7, 11) is 0. The zero-order valence-corrected chi connectivity index (χ0v) is 11.3. The lowest BCUT2D eigenvalue weighted by Crippen LogP contribution is -2.23. The number of anilines is 1. The van der Waals surface area contributed by atoms with Crippen LogP contribution in [0.3, 0.4) is 0 Å². The maximum Gasteiger partial charge on any atom is 0.139 e. The highest BCUT2D eigenvalue weighted by Gasteiger charge is 2.12. The molecule has 0 bridgehead atoms. The van der Waals surface area contributed by atoms with Crippen molar-refractivity contribution in [2.24, 2.45) is 0 Å². The Bertz CT molecular complexity index is 434. The summed E-state index contributed by atoms with van der Waals surface area (Å²) in [6, 6.07) is 3.29. The van der Waals surface area contributed by atoms with Gasteiger partial charge in [-0.3, -0.25) is 0 Å². The zero-order chi connectivity index (χ0) is 12.3. The summed E-state index contributed by atoms with van der Waals surface area (Å²) in [5, 5.41) is 3.23. The number of ether oxygens (including phenoxy) is 1. The second-order valence-corrected chi connectivity index (χ2v) is 5.02. The standard InChI is InChI=1S/C13H15BrFNO/c1-9-6-11(14)12(15)7-13(9)16-8-10-4-2-3-5-17-10/h3,5-7,10,16H,2,4,8H2,1H3. The molecule has 1 aliphatic heterocycles. The Morgan fingerprint density at radius 2 is 2.35 bits per heavy atom. The topological polar surface area (TPSA) is 21.3 Å². The monoisotopic (exact) mass is 299 g/mol. The average Bonchev–Trinajstić information content (AvgIpc) is 2.33. The highest BCUT2D eigenvalue weighted by Crippen LogP contribution is 2.24.